The molecule has 0 radical (unpaired) electrons. The molecule has 4 aromatic rings. The van der Waals surface area contributed by atoms with Gasteiger partial charge < -0.3 is 19.3 Å². The van der Waals surface area contributed by atoms with Crippen LogP contribution in [0.15, 0.2) is 93.4 Å². The molecule has 262 valence electrons. The maximum atomic E-state index is 14.0. The third-order valence-electron chi connectivity index (χ3n) is 7.66. The number of aliphatic hydroxyl groups is 1. The van der Waals surface area contributed by atoms with Crippen molar-refractivity contribution in [3.05, 3.63) is 107 Å². The summed E-state index contributed by atoms with van der Waals surface area (Å²) in [5.74, 6) is -2.12. The Balaban J connectivity index is 0.000000302. The molecule has 49 heavy (non-hydrogen) atoms. The minimum Gasteiger partial charge on any atom is -0.431 e. The molecule has 0 unspecified atom stereocenters. The van der Waals surface area contributed by atoms with Crippen LogP contribution in [0.5, 0.6) is 0 Å². The van der Waals surface area contributed by atoms with Crippen molar-refractivity contribution in [2.45, 2.75) is 48.8 Å². The number of nitrogens with zero attached hydrogens (tertiary/aromatic N) is 3. The minimum absolute atomic E-state index is 0.170. The molecule has 0 saturated carbocycles. The van der Waals surface area contributed by atoms with Crippen molar-refractivity contribution in [1.29, 1.82) is 0 Å². The van der Waals surface area contributed by atoms with Gasteiger partial charge in [-0.1, -0.05) is 56.5 Å². The zero-order valence-electron chi connectivity index (χ0n) is 26.8. The monoisotopic (exact) mass is 709 g/mol. The smallest absolute Gasteiger partial charge is 0.419 e. The Morgan fingerprint density at radius 2 is 1.59 bits per heavy atom. The minimum atomic E-state index is -4.85. The maximum Gasteiger partial charge on any atom is 0.419 e. The van der Waals surface area contributed by atoms with Gasteiger partial charge in [0.15, 0.2) is 5.78 Å². The molecule has 0 atom stereocenters. The Labute approximate surface area is 283 Å². The van der Waals surface area contributed by atoms with Crippen LogP contribution in [0.2, 0.25) is 0 Å². The number of carbonyl (C=O) groups is 1. The van der Waals surface area contributed by atoms with E-state index in [2.05, 4.69) is 16.5 Å². The van der Waals surface area contributed by atoms with E-state index in [4.69, 9.17) is 9.52 Å². The van der Waals surface area contributed by atoms with Gasteiger partial charge in [-0.2, -0.15) is 31.3 Å². The molecule has 0 amide bonds. The van der Waals surface area contributed by atoms with Gasteiger partial charge in [-0.25, -0.2) is 4.39 Å². The zero-order valence-corrected chi connectivity index (χ0v) is 27.6. The Morgan fingerprint density at radius 1 is 0.939 bits per heavy atom. The molecule has 1 fully saturated rings. The lowest BCUT2D eigenvalue weighted by Gasteiger charge is -2.35. The van der Waals surface area contributed by atoms with Gasteiger partial charge in [0.25, 0.3) is 6.01 Å². The Bertz CT molecular complexity index is 1780. The van der Waals surface area contributed by atoms with E-state index in [1.165, 1.54) is 18.4 Å². The number of allylic oxidation sites excluding steroid dienone is 1. The SMILES string of the molecule is C=C(C)N1CCN(c2nc(-c3ccc(Sc4ccccc4C(C)C)c(C(F)(F)F)c3)co2)CC1.O=C(CO)c1ccc(F)c(C(F)(F)F)c1. The maximum absolute atomic E-state index is 14.0. The van der Waals surface area contributed by atoms with E-state index in [-0.39, 0.29) is 16.4 Å². The molecular formula is C35H34F7N3O3S. The number of anilines is 1. The Kier molecular flexibility index (Phi) is 11.9. The first-order valence-electron chi connectivity index (χ1n) is 15.1. The number of alkyl halides is 6. The third-order valence-corrected chi connectivity index (χ3v) is 8.83. The summed E-state index contributed by atoms with van der Waals surface area (Å²) < 4.78 is 97.0. The van der Waals surface area contributed by atoms with E-state index >= 15 is 0 Å². The fraction of sp³-hybridized carbons (Fsp3) is 0.314. The van der Waals surface area contributed by atoms with Gasteiger partial charge in [-0.3, -0.25) is 4.79 Å². The topological polar surface area (TPSA) is 69.8 Å². The summed E-state index contributed by atoms with van der Waals surface area (Å²) in [6.07, 6.45) is -7.91. The van der Waals surface area contributed by atoms with Crippen molar-refractivity contribution in [3.8, 4) is 11.3 Å². The van der Waals surface area contributed by atoms with E-state index in [1.54, 1.807) is 6.07 Å². The quantitative estimate of drug-likeness (QED) is 0.145. The molecule has 3 aromatic carbocycles. The van der Waals surface area contributed by atoms with Gasteiger partial charge >= 0.3 is 12.4 Å². The number of benzene rings is 3. The number of ketones is 1. The van der Waals surface area contributed by atoms with Gasteiger partial charge in [0, 0.05) is 52.8 Å². The second-order valence-electron chi connectivity index (χ2n) is 11.5. The fourth-order valence-corrected chi connectivity index (χ4v) is 6.22. The van der Waals surface area contributed by atoms with Crippen LogP contribution in [0.4, 0.5) is 36.7 Å². The summed E-state index contributed by atoms with van der Waals surface area (Å²) in [5, 5.41) is 8.43. The number of rotatable bonds is 8. The number of oxazole rings is 1. The predicted molar refractivity (Wildman–Crippen MR) is 173 cm³/mol. The lowest BCUT2D eigenvalue weighted by Crippen LogP contribution is -2.45. The lowest BCUT2D eigenvalue weighted by molar-refractivity contribution is -0.140. The summed E-state index contributed by atoms with van der Waals surface area (Å²) in [6.45, 7) is 12.1. The second kappa shape index (κ2) is 15.5. The molecule has 1 aliphatic heterocycles. The summed E-state index contributed by atoms with van der Waals surface area (Å²) in [4.78, 5) is 20.5. The molecule has 0 spiro atoms. The van der Waals surface area contributed by atoms with Crippen LogP contribution in [0.1, 0.15) is 53.7 Å². The lowest BCUT2D eigenvalue weighted by atomic mass is 10.0. The van der Waals surface area contributed by atoms with Crippen molar-refractivity contribution in [2.75, 3.05) is 37.7 Å². The fourth-order valence-electron chi connectivity index (χ4n) is 5.00. The van der Waals surface area contributed by atoms with Crippen molar-refractivity contribution in [2.24, 2.45) is 0 Å². The molecule has 14 heteroatoms. The van der Waals surface area contributed by atoms with Crippen molar-refractivity contribution in [3.63, 3.8) is 0 Å². The van der Waals surface area contributed by atoms with Gasteiger partial charge in [0.05, 0.1) is 11.1 Å². The van der Waals surface area contributed by atoms with Crippen LogP contribution in [0.25, 0.3) is 11.3 Å². The number of piperazine rings is 1. The first kappa shape index (κ1) is 37.5. The molecule has 0 bridgehead atoms. The molecule has 1 saturated heterocycles. The first-order chi connectivity index (χ1) is 23.0. The van der Waals surface area contributed by atoms with E-state index in [0.717, 1.165) is 47.1 Å². The molecule has 1 aliphatic rings. The zero-order chi connectivity index (χ0) is 36.1. The highest BCUT2D eigenvalue weighted by Gasteiger charge is 2.35. The molecule has 2 heterocycles. The summed E-state index contributed by atoms with van der Waals surface area (Å²) >= 11 is 1.15. The average Bonchev–Trinajstić information content (AvgIpc) is 3.55. The molecule has 1 N–H and O–H groups in total. The van der Waals surface area contributed by atoms with E-state index in [0.29, 0.717) is 42.5 Å². The summed E-state index contributed by atoms with van der Waals surface area (Å²) in [5.41, 5.74) is 0.256. The predicted octanol–water partition coefficient (Wildman–Crippen LogP) is 9.31. The van der Waals surface area contributed by atoms with E-state index < -0.39 is 41.7 Å². The summed E-state index contributed by atoms with van der Waals surface area (Å²) in [7, 11) is 0. The average molecular weight is 710 g/mol. The standard InChI is InChI=1S/C26H28F3N3OS.C9H6F4O2/c1-17(2)20-7-5-6-8-23(20)34-24-10-9-19(15-21(24)26(27,28)29)22-16-33-25(30-22)32-13-11-31(12-14-32)18(3)4;10-7-2-1-5(8(15)4-14)3-6(7)9(11,12)13/h5-10,15-17H,3,11-14H2,1-2,4H3;1-3,14H,4H2. The van der Waals surface area contributed by atoms with Crippen LogP contribution >= 0.6 is 11.8 Å². The van der Waals surface area contributed by atoms with E-state index in [9.17, 15) is 35.5 Å². The van der Waals surface area contributed by atoms with Crippen LogP contribution in [0.3, 0.4) is 0 Å². The Morgan fingerprint density at radius 3 is 2.18 bits per heavy atom. The van der Waals surface area contributed by atoms with E-state index in [1.807, 2.05) is 49.9 Å². The van der Waals surface area contributed by atoms with Crippen molar-refractivity contribution >= 4 is 23.6 Å². The van der Waals surface area contributed by atoms with Gasteiger partial charge in [0.1, 0.15) is 24.4 Å². The first-order valence-corrected chi connectivity index (χ1v) is 15.9. The second-order valence-corrected chi connectivity index (χ2v) is 12.6. The molecule has 1 aromatic heterocycles. The van der Waals surface area contributed by atoms with Gasteiger partial charge in [-0.15, -0.1) is 0 Å². The number of aliphatic hydroxyl groups excluding tert-OH is 1. The largest absolute Gasteiger partial charge is 0.431 e. The molecular weight excluding hydrogens is 675 g/mol. The van der Waals surface area contributed by atoms with Crippen LogP contribution in [0, 0.1) is 5.82 Å². The normalized spacial score (nSPS) is 13.7. The Hall–Kier alpha value is -4.30. The highest BCUT2D eigenvalue weighted by molar-refractivity contribution is 7.99. The van der Waals surface area contributed by atoms with Crippen LogP contribution in [-0.4, -0.2) is 53.6 Å². The molecule has 5 rings (SSSR count). The number of aromatic nitrogens is 1. The number of carbonyl (C=O) groups excluding carboxylic acids is 1. The number of halogens is 7. The third kappa shape index (κ3) is 9.44. The molecule has 6 nitrogen and oxygen atoms in total. The number of hydrogen-bond donors (Lipinski definition) is 1. The number of Topliss-reactive ketones (excluding diaryl/α,β-unsaturated/α-hetero) is 1. The van der Waals surface area contributed by atoms with Gasteiger partial charge in [0.2, 0.25) is 0 Å². The highest BCUT2D eigenvalue weighted by atomic mass is 32.2. The number of hydrogen-bond acceptors (Lipinski definition) is 7. The summed E-state index contributed by atoms with van der Waals surface area (Å²) in [6, 6.07) is 14.2. The molecule has 0 aliphatic carbocycles. The van der Waals surface area contributed by atoms with Crippen LogP contribution < -0.4 is 4.90 Å². The highest BCUT2D eigenvalue weighted by Crippen LogP contribution is 2.43. The van der Waals surface area contributed by atoms with Crippen molar-refractivity contribution in [1.82, 2.24) is 9.88 Å². The van der Waals surface area contributed by atoms with Gasteiger partial charge in [-0.05, 0) is 54.8 Å². The van der Waals surface area contributed by atoms with Crippen LogP contribution in [-0.2, 0) is 12.4 Å². The van der Waals surface area contributed by atoms with Crippen molar-refractivity contribution < 1.29 is 45.1 Å².